The predicted octanol–water partition coefficient (Wildman–Crippen LogP) is 3.56. The molecule has 2 N–H and O–H groups in total. The van der Waals surface area contributed by atoms with Gasteiger partial charge in [-0.15, -0.1) is 0 Å². The first-order valence-corrected chi connectivity index (χ1v) is 8.49. The lowest BCUT2D eigenvalue weighted by Crippen LogP contribution is -2.28. The molecule has 0 unspecified atom stereocenters. The Kier molecular flexibility index (Phi) is 8.31. The normalized spacial score (nSPS) is 12.5. The van der Waals surface area contributed by atoms with Crippen LogP contribution < -0.4 is 15.8 Å². The lowest BCUT2D eigenvalue weighted by Gasteiger charge is -2.21. The second kappa shape index (κ2) is 9.96. The number of aromatic nitrogens is 2. The van der Waals surface area contributed by atoms with E-state index in [1.165, 1.54) is 4.90 Å². The highest BCUT2D eigenvalue weighted by molar-refractivity contribution is 5.56. The number of fused-ring (bicyclic) bond motifs is 1. The molecule has 2 heterocycles. The van der Waals surface area contributed by atoms with E-state index in [0.29, 0.717) is 13.1 Å². The molecule has 0 bridgehead atoms. The molecule has 144 valence electrons. The van der Waals surface area contributed by atoms with Gasteiger partial charge in [0.25, 0.3) is 5.56 Å². The molecular weight excluding hydrogens is 345 g/mol. The number of aromatic amines is 1. The van der Waals surface area contributed by atoms with Crippen LogP contribution in [-0.4, -0.2) is 23.8 Å². The first kappa shape index (κ1) is 21.7. The third-order valence-corrected chi connectivity index (χ3v) is 3.65. The molecule has 0 saturated heterocycles. The summed E-state index contributed by atoms with van der Waals surface area (Å²) in [7, 11) is 1.93. The van der Waals surface area contributed by atoms with Crippen LogP contribution in [0.2, 0.25) is 0 Å². The molecule has 0 saturated carbocycles. The van der Waals surface area contributed by atoms with Crippen molar-refractivity contribution in [1.29, 1.82) is 0 Å². The van der Waals surface area contributed by atoms with Gasteiger partial charge >= 0.3 is 6.18 Å². The fraction of sp³-hybridized carbons (Fsp3) is 0.444. The van der Waals surface area contributed by atoms with Crippen molar-refractivity contribution in [3.8, 4) is 0 Å². The zero-order valence-electron chi connectivity index (χ0n) is 15.4. The average molecular weight is 370 g/mol. The van der Waals surface area contributed by atoms with Crippen molar-refractivity contribution in [2.45, 2.75) is 40.0 Å². The number of halogens is 3. The Morgan fingerprint density at radius 2 is 1.69 bits per heavy atom. The van der Waals surface area contributed by atoms with E-state index < -0.39 is 17.3 Å². The van der Waals surface area contributed by atoms with Gasteiger partial charge in [-0.3, -0.25) is 4.79 Å². The first-order chi connectivity index (χ1) is 12.4. The summed E-state index contributed by atoms with van der Waals surface area (Å²) in [4.78, 5) is 13.0. The second-order valence-electron chi connectivity index (χ2n) is 5.29. The van der Waals surface area contributed by atoms with Crippen LogP contribution in [0.3, 0.4) is 0 Å². The number of hydrogen-bond acceptors (Lipinski definition) is 4. The minimum Gasteiger partial charge on any atom is -0.361 e. The molecule has 8 heteroatoms. The molecule has 3 rings (SSSR count). The van der Waals surface area contributed by atoms with Crippen LogP contribution in [0.15, 0.2) is 35.3 Å². The largest absolute Gasteiger partial charge is 0.423 e. The zero-order valence-corrected chi connectivity index (χ0v) is 15.4. The molecule has 1 aliphatic heterocycles. The third-order valence-electron chi connectivity index (χ3n) is 3.65. The maximum Gasteiger partial charge on any atom is 0.423 e. The SMILES string of the molecule is CC.CCNC.O=c1[nH]ncc(N2Cc3ccccc3C2)c1C(F)(F)F. The van der Waals surface area contributed by atoms with Gasteiger partial charge in [-0.25, -0.2) is 5.10 Å². The number of alkyl halides is 3. The Morgan fingerprint density at radius 1 is 1.19 bits per heavy atom. The zero-order chi connectivity index (χ0) is 19.7. The molecule has 0 radical (unpaired) electrons. The highest BCUT2D eigenvalue weighted by Gasteiger charge is 2.39. The minimum atomic E-state index is -4.71. The molecule has 5 nitrogen and oxygen atoms in total. The fourth-order valence-electron chi connectivity index (χ4n) is 2.41. The number of rotatable bonds is 2. The quantitative estimate of drug-likeness (QED) is 0.849. The summed E-state index contributed by atoms with van der Waals surface area (Å²) < 4.78 is 39.1. The van der Waals surface area contributed by atoms with Crippen LogP contribution in [-0.2, 0) is 19.3 Å². The molecule has 0 spiro atoms. The van der Waals surface area contributed by atoms with Gasteiger partial charge in [0.1, 0.15) is 5.56 Å². The van der Waals surface area contributed by atoms with Crippen LogP contribution in [0.4, 0.5) is 18.9 Å². The summed E-state index contributed by atoms with van der Waals surface area (Å²) in [5.74, 6) is 0. The number of anilines is 1. The number of H-pyrrole nitrogens is 1. The van der Waals surface area contributed by atoms with Gasteiger partial charge < -0.3 is 10.2 Å². The van der Waals surface area contributed by atoms with Gasteiger partial charge in [0.2, 0.25) is 0 Å². The maximum atomic E-state index is 13.0. The van der Waals surface area contributed by atoms with E-state index in [1.807, 2.05) is 50.3 Å². The van der Waals surface area contributed by atoms with Crippen LogP contribution in [0.25, 0.3) is 0 Å². The van der Waals surface area contributed by atoms with Crippen molar-refractivity contribution in [1.82, 2.24) is 15.5 Å². The molecule has 2 aromatic rings. The van der Waals surface area contributed by atoms with Gasteiger partial charge in [-0.1, -0.05) is 45.0 Å². The minimum absolute atomic E-state index is 0.183. The summed E-state index contributed by atoms with van der Waals surface area (Å²) in [6, 6.07) is 7.40. The van der Waals surface area contributed by atoms with Crippen molar-refractivity contribution in [2.24, 2.45) is 0 Å². The Morgan fingerprint density at radius 3 is 2.12 bits per heavy atom. The van der Waals surface area contributed by atoms with E-state index in [4.69, 9.17) is 0 Å². The van der Waals surface area contributed by atoms with E-state index in [2.05, 4.69) is 17.3 Å². The first-order valence-electron chi connectivity index (χ1n) is 8.49. The monoisotopic (exact) mass is 370 g/mol. The van der Waals surface area contributed by atoms with Gasteiger partial charge in [0.15, 0.2) is 0 Å². The van der Waals surface area contributed by atoms with E-state index in [9.17, 15) is 18.0 Å². The van der Waals surface area contributed by atoms with Crippen molar-refractivity contribution >= 4 is 5.69 Å². The van der Waals surface area contributed by atoms with Crippen LogP contribution >= 0.6 is 0 Å². The highest BCUT2D eigenvalue weighted by atomic mass is 19.4. The number of hydrogen-bond donors (Lipinski definition) is 2. The topological polar surface area (TPSA) is 61.0 Å². The molecule has 1 aromatic heterocycles. The van der Waals surface area contributed by atoms with E-state index in [1.54, 1.807) is 0 Å². The van der Waals surface area contributed by atoms with Crippen LogP contribution in [0.5, 0.6) is 0 Å². The highest BCUT2D eigenvalue weighted by Crippen LogP contribution is 2.36. The molecule has 1 aromatic carbocycles. The lowest BCUT2D eigenvalue weighted by molar-refractivity contribution is -0.138. The van der Waals surface area contributed by atoms with Crippen LogP contribution in [0, 0.1) is 0 Å². The number of nitrogens with one attached hydrogen (secondary N) is 2. The molecule has 0 aliphatic carbocycles. The molecule has 0 fully saturated rings. The molecule has 1 aliphatic rings. The van der Waals surface area contributed by atoms with E-state index in [-0.39, 0.29) is 5.69 Å². The standard InChI is InChI=1S/C13H10F3N3O.C3H9N.C2H6/c14-13(15,16)11-10(5-17-18-12(11)20)19-6-8-3-1-2-4-9(8)7-19;1-3-4-2;1-2/h1-5H,6-7H2,(H,18,20);4H,3H2,1-2H3;1-2H3. The Bertz CT molecular complexity index is 717. The molecule has 0 atom stereocenters. The van der Waals surface area contributed by atoms with Crippen molar-refractivity contribution in [3.63, 3.8) is 0 Å². The van der Waals surface area contributed by atoms with Crippen molar-refractivity contribution in [3.05, 3.63) is 57.5 Å². The summed E-state index contributed by atoms with van der Waals surface area (Å²) >= 11 is 0. The fourth-order valence-corrected chi connectivity index (χ4v) is 2.41. The summed E-state index contributed by atoms with van der Waals surface area (Å²) in [5, 5.41) is 8.26. The van der Waals surface area contributed by atoms with Gasteiger partial charge in [-0.05, 0) is 24.7 Å². The maximum absolute atomic E-state index is 13.0. The van der Waals surface area contributed by atoms with Gasteiger partial charge in [0, 0.05) is 13.1 Å². The predicted molar refractivity (Wildman–Crippen MR) is 97.1 cm³/mol. The van der Waals surface area contributed by atoms with Crippen LogP contribution in [0.1, 0.15) is 37.5 Å². The van der Waals surface area contributed by atoms with Crippen molar-refractivity contribution < 1.29 is 13.2 Å². The van der Waals surface area contributed by atoms with E-state index in [0.717, 1.165) is 23.9 Å². The van der Waals surface area contributed by atoms with E-state index >= 15 is 0 Å². The summed E-state index contributed by atoms with van der Waals surface area (Å²) in [6.45, 7) is 7.81. The average Bonchev–Trinajstić information content (AvgIpc) is 3.06. The van der Waals surface area contributed by atoms with Gasteiger partial charge in [-0.2, -0.15) is 18.3 Å². The Balaban J connectivity index is 0.000000500. The third kappa shape index (κ3) is 5.32. The number of benzene rings is 1. The molecule has 26 heavy (non-hydrogen) atoms. The van der Waals surface area contributed by atoms with Crippen molar-refractivity contribution in [2.75, 3.05) is 18.5 Å². The summed E-state index contributed by atoms with van der Waals surface area (Å²) in [5.41, 5.74) is -0.675. The molecule has 0 amide bonds. The Hall–Kier alpha value is -2.35. The smallest absolute Gasteiger partial charge is 0.361 e. The second-order valence-corrected chi connectivity index (χ2v) is 5.29. The lowest BCUT2D eigenvalue weighted by atomic mass is 10.1. The number of nitrogens with zero attached hydrogens (tertiary/aromatic N) is 2. The van der Waals surface area contributed by atoms with Gasteiger partial charge in [0.05, 0.1) is 11.9 Å². The Labute approximate surface area is 151 Å². The molecular formula is C18H25F3N4O. The summed E-state index contributed by atoms with van der Waals surface area (Å²) in [6.07, 6.45) is -3.66.